The van der Waals surface area contributed by atoms with Crippen molar-refractivity contribution in [2.24, 2.45) is 10.3 Å². The second kappa shape index (κ2) is 7.87. The summed E-state index contributed by atoms with van der Waals surface area (Å²) in [6.45, 7) is 3.91. The molecule has 154 valence electrons. The maximum absolute atomic E-state index is 13.0. The number of imide groups is 1. The van der Waals surface area contributed by atoms with Gasteiger partial charge >= 0.3 is 0 Å². The maximum Gasteiger partial charge on any atom is 0.263 e. The highest BCUT2D eigenvalue weighted by atomic mass is 35.5. The number of hydrogen-bond donors (Lipinski definition) is 1. The van der Waals surface area contributed by atoms with Crippen LogP contribution in [0.4, 0.5) is 11.4 Å². The average molecular weight is 426 g/mol. The molecule has 2 aliphatic heterocycles. The molecule has 1 N–H and O–H groups in total. The highest BCUT2D eigenvalue weighted by Gasteiger charge is 2.55. The highest BCUT2D eigenvalue weighted by molar-refractivity contribution is 6.33. The third kappa shape index (κ3) is 3.54. The fraction of sp³-hybridized carbons (Fsp3) is 0.286. The summed E-state index contributed by atoms with van der Waals surface area (Å²) in [6.07, 6.45) is 0. The summed E-state index contributed by atoms with van der Waals surface area (Å²) in [4.78, 5) is 39.4. The Labute approximate surface area is 178 Å². The van der Waals surface area contributed by atoms with E-state index in [0.717, 1.165) is 10.5 Å². The van der Waals surface area contributed by atoms with Crippen LogP contribution in [0.5, 0.6) is 0 Å². The first-order chi connectivity index (χ1) is 14.4. The molecule has 2 atom stereocenters. The molecule has 30 heavy (non-hydrogen) atoms. The summed E-state index contributed by atoms with van der Waals surface area (Å²) < 4.78 is 0. The molecule has 0 spiro atoms. The van der Waals surface area contributed by atoms with E-state index in [-0.39, 0.29) is 6.54 Å². The minimum atomic E-state index is -0.949. The van der Waals surface area contributed by atoms with Crippen LogP contribution in [-0.2, 0) is 14.4 Å². The van der Waals surface area contributed by atoms with Crippen LogP contribution >= 0.6 is 11.6 Å². The normalized spacial score (nSPS) is 20.3. The Hall–Kier alpha value is -3.26. The number of anilines is 2. The molecule has 2 aliphatic rings. The van der Waals surface area contributed by atoms with Gasteiger partial charge in [0.2, 0.25) is 5.91 Å². The highest BCUT2D eigenvalue weighted by Crippen LogP contribution is 2.32. The summed E-state index contributed by atoms with van der Waals surface area (Å²) in [5.41, 5.74) is 2.05. The third-order valence-corrected chi connectivity index (χ3v) is 5.46. The molecule has 0 saturated carbocycles. The molecule has 0 aliphatic carbocycles. The van der Waals surface area contributed by atoms with Crippen LogP contribution in [0.15, 0.2) is 58.9 Å². The van der Waals surface area contributed by atoms with E-state index in [1.807, 2.05) is 12.1 Å². The van der Waals surface area contributed by atoms with E-state index >= 15 is 0 Å². The van der Waals surface area contributed by atoms with Crippen molar-refractivity contribution in [2.75, 3.05) is 16.8 Å². The molecule has 3 amide bonds. The molecule has 2 aromatic rings. The van der Waals surface area contributed by atoms with E-state index in [4.69, 9.17) is 11.6 Å². The number of benzene rings is 2. The first kappa shape index (κ1) is 20.0. The van der Waals surface area contributed by atoms with E-state index in [1.165, 1.54) is 5.01 Å². The average Bonchev–Trinajstić information content (AvgIpc) is 3.23. The number of carbonyl (C=O) groups is 3. The number of halogens is 1. The Balaban J connectivity index is 1.49. The quantitative estimate of drug-likeness (QED) is 0.743. The lowest BCUT2D eigenvalue weighted by atomic mass is 10.0. The zero-order valence-corrected chi connectivity index (χ0v) is 17.2. The van der Waals surface area contributed by atoms with Crippen molar-refractivity contribution in [1.29, 1.82) is 0 Å². The van der Waals surface area contributed by atoms with Crippen LogP contribution in [-0.4, -0.2) is 41.4 Å². The Bertz CT molecular complexity index is 1040. The Morgan fingerprint density at radius 1 is 1.10 bits per heavy atom. The standard InChI is InChI=1S/C21H20ClN5O3/c1-12(2)13-7-9-14(10-8-13)27-20(29)18-19(21(27)30)26(25-24-18)11-17(28)23-16-6-4-3-5-15(16)22/h3-10,12,18-19H,11H2,1-2H3,(H,23,28)/t18-,19-/m0/s1. The van der Waals surface area contributed by atoms with Crippen molar-refractivity contribution in [3.63, 3.8) is 0 Å². The van der Waals surface area contributed by atoms with E-state index in [2.05, 4.69) is 29.5 Å². The van der Waals surface area contributed by atoms with E-state index < -0.39 is 29.8 Å². The van der Waals surface area contributed by atoms with Crippen molar-refractivity contribution in [3.05, 3.63) is 59.1 Å². The molecule has 0 unspecified atom stereocenters. The first-order valence-corrected chi connectivity index (χ1v) is 9.94. The molecule has 9 heteroatoms. The van der Waals surface area contributed by atoms with Gasteiger partial charge in [-0.2, -0.15) is 5.11 Å². The Morgan fingerprint density at radius 3 is 2.47 bits per heavy atom. The molecular formula is C21H20ClN5O3. The van der Waals surface area contributed by atoms with Crippen LogP contribution in [0.3, 0.4) is 0 Å². The largest absolute Gasteiger partial charge is 0.323 e. The van der Waals surface area contributed by atoms with Gasteiger partial charge in [0.1, 0.15) is 6.54 Å². The molecule has 8 nitrogen and oxygen atoms in total. The van der Waals surface area contributed by atoms with Crippen LogP contribution in [0.2, 0.25) is 5.02 Å². The molecule has 0 bridgehead atoms. The van der Waals surface area contributed by atoms with Crippen molar-refractivity contribution in [2.45, 2.75) is 31.8 Å². The molecule has 4 rings (SSSR count). The predicted molar refractivity (Wildman–Crippen MR) is 112 cm³/mol. The molecule has 2 aromatic carbocycles. The summed E-state index contributed by atoms with van der Waals surface area (Å²) in [5.74, 6) is -0.968. The smallest absolute Gasteiger partial charge is 0.263 e. The second-order valence-electron chi connectivity index (χ2n) is 7.48. The number of para-hydroxylation sites is 1. The van der Waals surface area contributed by atoms with Gasteiger partial charge in [0.15, 0.2) is 12.1 Å². The number of carbonyl (C=O) groups excluding carboxylic acids is 3. The van der Waals surface area contributed by atoms with Gasteiger partial charge in [-0.15, -0.1) is 0 Å². The lowest BCUT2D eigenvalue weighted by Crippen LogP contribution is -2.43. The minimum Gasteiger partial charge on any atom is -0.323 e. The van der Waals surface area contributed by atoms with Gasteiger partial charge in [-0.1, -0.05) is 54.9 Å². The number of hydrogen-bond acceptors (Lipinski definition) is 6. The van der Waals surface area contributed by atoms with Crippen LogP contribution in [0, 0.1) is 0 Å². The number of fused-ring (bicyclic) bond motifs is 1. The molecule has 0 aromatic heterocycles. The summed E-state index contributed by atoms with van der Waals surface area (Å²) >= 11 is 6.06. The van der Waals surface area contributed by atoms with Gasteiger partial charge in [-0.25, -0.2) is 4.90 Å². The zero-order chi connectivity index (χ0) is 21.4. The SMILES string of the molecule is CC(C)c1ccc(N2C(=O)[C@H]3N=NN(CC(=O)Nc4ccccc4Cl)[C@@H]3C2=O)cc1. The zero-order valence-electron chi connectivity index (χ0n) is 16.4. The monoisotopic (exact) mass is 425 g/mol. The van der Waals surface area contributed by atoms with E-state index in [0.29, 0.717) is 22.3 Å². The fourth-order valence-corrected chi connectivity index (χ4v) is 3.70. The van der Waals surface area contributed by atoms with Crippen LogP contribution in [0.1, 0.15) is 25.3 Å². The van der Waals surface area contributed by atoms with Gasteiger partial charge in [0.05, 0.1) is 16.4 Å². The van der Waals surface area contributed by atoms with E-state index in [1.54, 1.807) is 36.4 Å². The molecular weight excluding hydrogens is 406 g/mol. The van der Waals surface area contributed by atoms with Gasteiger partial charge in [-0.3, -0.25) is 19.4 Å². The third-order valence-electron chi connectivity index (χ3n) is 5.13. The summed E-state index contributed by atoms with van der Waals surface area (Å²) in [6, 6.07) is 12.2. The van der Waals surface area contributed by atoms with Gasteiger partial charge in [0, 0.05) is 0 Å². The molecule has 1 fully saturated rings. The van der Waals surface area contributed by atoms with Crippen LogP contribution < -0.4 is 10.2 Å². The van der Waals surface area contributed by atoms with Crippen molar-refractivity contribution >= 4 is 40.7 Å². The Kier molecular flexibility index (Phi) is 5.26. The topological polar surface area (TPSA) is 94.4 Å². The van der Waals surface area contributed by atoms with Crippen LogP contribution in [0.25, 0.3) is 0 Å². The minimum absolute atomic E-state index is 0.227. The van der Waals surface area contributed by atoms with Crippen molar-refractivity contribution < 1.29 is 14.4 Å². The second-order valence-corrected chi connectivity index (χ2v) is 7.89. The summed E-state index contributed by atoms with van der Waals surface area (Å²) in [5, 5.41) is 12.2. The molecule has 0 radical (unpaired) electrons. The van der Waals surface area contributed by atoms with Crippen molar-refractivity contribution in [1.82, 2.24) is 5.01 Å². The Morgan fingerprint density at radius 2 is 1.80 bits per heavy atom. The van der Waals surface area contributed by atoms with Gasteiger partial charge < -0.3 is 5.32 Å². The number of rotatable bonds is 5. The number of amides is 3. The fourth-order valence-electron chi connectivity index (χ4n) is 3.52. The number of nitrogens with zero attached hydrogens (tertiary/aromatic N) is 4. The lowest BCUT2D eigenvalue weighted by Gasteiger charge is -2.20. The maximum atomic E-state index is 13.0. The predicted octanol–water partition coefficient (Wildman–Crippen LogP) is 3.40. The number of nitrogens with one attached hydrogen (secondary N) is 1. The van der Waals surface area contributed by atoms with Gasteiger partial charge in [0.25, 0.3) is 11.8 Å². The van der Waals surface area contributed by atoms with E-state index in [9.17, 15) is 14.4 Å². The van der Waals surface area contributed by atoms with Crippen molar-refractivity contribution in [3.8, 4) is 0 Å². The molecule has 1 saturated heterocycles. The van der Waals surface area contributed by atoms with Gasteiger partial charge in [-0.05, 0) is 35.7 Å². The lowest BCUT2D eigenvalue weighted by molar-refractivity contribution is -0.123. The summed E-state index contributed by atoms with van der Waals surface area (Å²) in [7, 11) is 0. The molecule has 2 heterocycles. The first-order valence-electron chi connectivity index (χ1n) is 9.56.